The fourth-order valence-corrected chi connectivity index (χ4v) is 4.95. The van der Waals surface area contributed by atoms with Crippen LogP contribution in [0.4, 0.5) is 0 Å². The second-order valence-corrected chi connectivity index (χ2v) is 7.30. The molecule has 7 heteroatoms. The van der Waals surface area contributed by atoms with Gasteiger partial charge >= 0.3 is 5.97 Å². The van der Waals surface area contributed by atoms with Gasteiger partial charge < -0.3 is 5.11 Å². The number of sulfonamides is 1. The van der Waals surface area contributed by atoms with Crippen molar-refractivity contribution in [2.24, 2.45) is 0 Å². The molecule has 5 nitrogen and oxygen atoms in total. The van der Waals surface area contributed by atoms with E-state index in [1.165, 1.54) is 4.31 Å². The summed E-state index contributed by atoms with van der Waals surface area (Å²) in [6.07, 6.45) is 1.36. The quantitative estimate of drug-likeness (QED) is 0.786. The standard InChI is InChI=1S/C10H19NO4S2/c1-2-3-6-17(14,15)11-4-5-16-8-9(11)7-10(12)13/h9H,2-8H2,1H3,(H,12,13). The zero-order valence-electron chi connectivity index (χ0n) is 9.96. The Bertz CT molecular complexity index is 355. The molecule has 0 bridgehead atoms. The first kappa shape index (κ1) is 14.8. The molecule has 0 spiro atoms. The molecule has 1 atom stereocenters. The molecule has 0 aromatic carbocycles. The van der Waals surface area contributed by atoms with Gasteiger partial charge in [0.2, 0.25) is 10.0 Å². The number of hydrogen-bond donors (Lipinski definition) is 1. The molecule has 0 aromatic rings. The highest BCUT2D eigenvalue weighted by Gasteiger charge is 2.33. The third-order valence-corrected chi connectivity index (χ3v) is 5.79. The molecule has 1 fully saturated rings. The Morgan fingerprint density at radius 1 is 1.53 bits per heavy atom. The van der Waals surface area contributed by atoms with E-state index in [-0.39, 0.29) is 18.2 Å². The molecule has 0 amide bonds. The molecule has 1 heterocycles. The second kappa shape index (κ2) is 6.61. The van der Waals surface area contributed by atoms with Crippen LogP contribution in [0.25, 0.3) is 0 Å². The lowest BCUT2D eigenvalue weighted by atomic mass is 10.2. The van der Waals surface area contributed by atoms with Crippen molar-refractivity contribution in [2.75, 3.05) is 23.8 Å². The summed E-state index contributed by atoms with van der Waals surface area (Å²) in [5, 5.41) is 8.79. The molecule has 1 N–H and O–H groups in total. The molecule has 1 unspecified atom stereocenters. The summed E-state index contributed by atoms with van der Waals surface area (Å²) in [6, 6.07) is -0.381. The van der Waals surface area contributed by atoms with Crippen molar-refractivity contribution in [1.29, 1.82) is 0 Å². The Balaban J connectivity index is 2.72. The van der Waals surface area contributed by atoms with Gasteiger partial charge in [-0.05, 0) is 6.42 Å². The fourth-order valence-electron chi connectivity index (χ4n) is 1.81. The number of thioether (sulfide) groups is 1. The first-order chi connectivity index (χ1) is 7.97. The van der Waals surface area contributed by atoms with Crippen LogP contribution >= 0.6 is 11.8 Å². The summed E-state index contributed by atoms with van der Waals surface area (Å²) in [7, 11) is -3.28. The van der Waals surface area contributed by atoms with Gasteiger partial charge in [-0.25, -0.2) is 8.42 Å². The lowest BCUT2D eigenvalue weighted by molar-refractivity contribution is -0.137. The molecule has 0 aliphatic carbocycles. The summed E-state index contributed by atoms with van der Waals surface area (Å²) in [6.45, 7) is 2.38. The summed E-state index contributed by atoms with van der Waals surface area (Å²) in [4.78, 5) is 10.7. The molecule has 1 saturated heterocycles. The molecular weight excluding hydrogens is 262 g/mol. The highest BCUT2D eigenvalue weighted by molar-refractivity contribution is 7.99. The van der Waals surface area contributed by atoms with E-state index in [0.717, 1.165) is 12.2 Å². The number of rotatable bonds is 6. The van der Waals surface area contributed by atoms with Crippen molar-refractivity contribution in [3.63, 3.8) is 0 Å². The van der Waals surface area contributed by atoms with Gasteiger partial charge in [0.05, 0.1) is 12.2 Å². The van der Waals surface area contributed by atoms with E-state index in [4.69, 9.17) is 5.11 Å². The van der Waals surface area contributed by atoms with Gasteiger partial charge in [-0.2, -0.15) is 16.1 Å². The minimum atomic E-state index is -3.28. The number of carbonyl (C=O) groups is 1. The van der Waals surface area contributed by atoms with Crippen molar-refractivity contribution in [2.45, 2.75) is 32.2 Å². The average Bonchev–Trinajstić information content (AvgIpc) is 2.26. The summed E-state index contributed by atoms with van der Waals surface area (Å²) < 4.78 is 25.5. The predicted molar refractivity (Wildman–Crippen MR) is 68.8 cm³/mol. The first-order valence-corrected chi connectivity index (χ1v) is 8.53. The van der Waals surface area contributed by atoms with Crippen molar-refractivity contribution in [3.05, 3.63) is 0 Å². The molecule has 1 rings (SSSR count). The van der Waals surface area contributed by atoms with Crippen molar-refractivity contribution < 1.29 is 18.3 Å². The van der Waals surface area contributed by atoms with Crippen LogP contribution in [0.1, 0.15) is 26.2 Å². The maximum absolute atomic E-state index is 12.1. The molecule has 17 heavy (non-hydrogen) atoms. The highest BCUT2D eigenvalue weighted by atomic mass is 32.2. The van der Waals surface area contributed by atoms with Gasteiger partial charge in [0.15, 0.2) is 0 Å². The summed E-state index contributed by atoms with van der Waals surface area (Å²) in [5.74, 6) is 0.525. The van der Waals surface area contributed by atoms with Gasteiger partial charge in [0.1, 0.15) is 0 Å². The Morgan fingerprint density at radius 3 is 2.82 bits per heavy atom. The van der Waals surface area contributed by atoms with E-state index in [1.54, 1.807) is 11.8 Å². The van der Waals surface area contributed by atoms with Crippen LogP contribution in [0.15, 0.2) is 0 Å². The molecule has 0 saturated carbocycles. The van der Waals surface area contributed by atoms with Gasteiger partial charge in [0, 0.05) is 24.1 Å². The van der Waals surface area contributed by atoms with Crippen LogP contribution in [-0.4, -0.2) is 53.6 Å². The van der Waals surface area contributed by atoms with Crippen LogP contribution < -0.4 is 0 Å². The van der Waals surface area contributed by atoms with Gasteiger partial charge in [0.25, 0.3) is 0 Å². The van der Waals surface area contributed by atoms with Crippen molar-refractivity contribution in [3.8, 4) is 0 Å². The SMILES string of the molecule is CCCCS(=O)(=O)N1CCSCC1CC(=O)O. The minimum Gasteiger partial charge on any atom is -0.481 e. The molecular formula is C10H19NO4S2. The van der Waals surface area contributed by atoms with Crippen LogP contribution in [0.2, 0.25) is 0 Å². The number of carboxylic acid groups (broad SMARTS) is 1. The lowest BCUT2D eigenvalue weighted by Gasteiger charge is -2.33. The Kier molecular flexibility index (Phi) is 5.75. The number of carboxylic acids is 1. The summed E-state index contributed by atoms with van der Waals surface area (Å²) in [5.41, 5.74) is 0. The number of aliphatic carboxylic acids is 1. The first-order valence-electron chi connectivity index (χ1n) is 5.76. The zero-order chi connectivity index (χ0) is 12.9. The maximum atomic E-state index is 12.1. The van der Waals surface area contributed by atoms with Crippen molar-refractivity contribution >= 4 is 27.8 Å². The Hall–Kier alpha value is -0.270. The number of unbranched alkanes of at least 4 members (excludes halogenated alkanes) is 1. The highest BCUT2D eigenvalue weighted by Crippen LogP contribution is 2.22. The van der Waals surface area contributed by atoms with E-state index in [1.807, 2.05) is 6.92 Å². The third kappa shape index (κ3) is 4.48. The molecule has 100 valence electrons. The monoisotopic (exact) mass is 281 g/mol. The molecule has 1 aliphatic rings. The van der Waals surface area contributed by atoms with Crippen LogP contribution in [0.5, 0.6) is 0 Å². The normalized spacial score (nSPS) is 22.5. The fraction of sp³-hybridized carbons (Fsp3) is 0.900. The third-order valence-electron chi connectivity index (χ3n) is 2.70. The maximum Gasteiger partial charge on any atom is 0.305 e. The van der Waals surface area contributed by atoms with Crippen LogP contribution in [-0.2, 0) is 14.8 Å². The largest absolute Gasteiger partial charge is 0.481 e. The smallest absolute Gasteiger partial charge is 0.305 e. The topological polar surface area (TPSA) is 74.7 Å². The molecule has 0 radical (unpaired) electrons. The van der Waals surface area contributed by atoms with Crippen LogP contribution in [0, 0.1) is 0 Å². The number of nitrogens with zero attached hydrogens (tertiary/aromatic N) is 1. The van der Waals surface area contributed by atoms with E-state index in [2.05, 4.69) is 0 Å². The number of hydrogen-bond acceptors (Lipinski definition) is 4. The Morgan fingerprint density at radius 2 is 2.24 bits per heavy atom. The zero-order valence-corrected chi connectivity index (χ0v) is 11.6. The van der Waals surface area contributed by atoms with Crippen LogP contribution in [0.3, 0.4) is 0 Å². The summed E-state index contributed by atoms with van der Waals surface area (Å²) >= 11 is 1.62. The van der Waals surface area contributed by atoms with E-state index >= 15 is 0 Å². The van der Waals surface area contributed by atoms with Crippen molar-refractivity contribution in [1.82, 2.24) is 4.31 Å². The molecule has 0 aromatic heterocycles. The van der Waals surface area contributed by atoms with E-state index in [0.29, 0.717) is 18.7 Å². The van der Waals surface area contributed by atoms with Gasteiger partial charge in [-0.3, -0.25) is 4.79 Å². The lowest BCUT2D eigenvalue weighted by Crippen LogP contribution is -2.47. The minimum absolute atomic E-state index is 0.0989. The second-order valence-electron chi connectivity index (χ2n) is 4.11. The van der Waals surface area contributed by atoms with E-state index < -0.39 is 16.0 Å². The van der Waals surface area contributed by atoms with Gasteiger partial charge in [-0.1, -0.05) is 13.3 Å². The molecule has 1 aliphatic heterocycles. The Labute approximate surface area is 107 Å². The van der Waals surface area contributed by atoms with Gasteiger partial charge in [-0.15, -0.1) is 0 Å². The average molecular weight is 281 g/mol. The predicted octanol–water partition coefficient (Wildman–Crippen LogP) is 1.01. The van der Waals surface area contributed by atoms with E-state index in [9.17, 15) is 13.2 Å².